The van der Waals surface area contributed by atoms with Crippen molar-refractivity contribution in [1.82, 2.24) is 10.6 Å². The van der Waals surface area contributed by atoms with Gasteiger partial charge in [0.25, 0.3) is 0 Å². The lowest BCUT2D eigenvalue weighted by molar-refractivity contribution is -0.146. The van der Waals surface area contributed by atoms with E-state index in [1.807, 2.05) is 30.3 Å². The van der Waals surface area contributed by atoms with Crippen molar-refractivity contribution in [3.8, 4) is 0 Å². The number of carbonyl (C=O) groups excluding carboxylic acids is 4. The summed E-state index contributed by atoms with van der Waals surface area (Å²) in [6.07, 6.45) is -1.23. The zero-order valence-corrected chi connectivity index (χ0v) is 18.6. The highest BCUT2D eigenvalue weighted by Gasteiger charge is 2.26. The molecular weight excluding hydrogens is 404 g/mol. The summed E-state index contributed by atoms with van der Waals surface area (Å²) in [4.78, 5) is 47.9. The minimum atomic E-state index is -0.943. The molecule has 9 nitrogen and oxygen atoms in total. The zero-order valence-electron chi connectivity index (χ0n) is 18.6. The maximum absolute atomic E-state index is 12.4. The Morgan fingerprint density at radius 3 is 2.29 bits per heavy atom. The average Bonchev–Trinajstić information content (AvgIpc) is 2.68. The van der Waals surface area contributed by atoms with Gasteiger partial charge in [0.1, 0.15) is 18.6 Å². The van der Waals surface area contributed by atoms with Crippen LogP contribution in [0.15, 0.2) is 30.3 Å². The van der Waals surface area contributed by atoms with Gasteiger partial charge in [-0.3, -0.25) is 9.59 Å². The molecular formula is C22H32N2O7. The lowest BCUT2D eigenvalue weighted by Gasteiger charge is -2.23. The fourth-order valence-electron chi connectivity index (χ4n) is 2.51. The first-order valence-electron chi connectivity index (χ1n) is 10.2. The molecule has 0 aliphatic rings. The van der Waals surface area contributed by atoms with Crippen LogP contribution in [0.3, 0.4) is 0 Å². The Labute approximate surface area is 182 Å². The van der Waals surface area contributed by atoms with Gasteiger partial charge in [-0.05, 0) is 46.1 Å². The molecule has 1 atom stereocenters. The van der Waals surface area contributed by atoms with Crippen LogP contribution in [0.5, 0.6) is 0 Å². The Morgan fingerprint density at radius 1 is 1.00 bits per heavy atom. The quantitative estimate of drug-likeness (QED) is 0.237. The van der Waals surface area contributed by atoms with Crippen molar-refractivity contribution in [3.05, 3.63) is 35.9 Å². The van der Waals surface area contributed by atoms with Crippen LogP contribution in [0.25, 0.3) is 0 Å². The summed E-state index contributed by atoms with van der Waals surface area (Å²) in [6, 6.07) is 8.31. The summed E-state index contributed by atoms with van der Waals surface area (Å²) in [6.45, 7) is 7.28. The van der Waals surface area contributed by atoms with E-state index in [1.54, 1.807) is 27.7 Å². The fourth-order valence-corrected chi connectivity index (χ4v) is 2.51. The van der Waals surface area contributed by atoms with Crippen LogP contribution in [0.2, 0.25) is 0 Å². The van der Waals surface area contributed by atoms with Gasteiger partial charge < -0.3 is 24.8 Å². The van der Waals surface area contributed by atoms with E-state index in [-0.39, 0.29) is 26.2 Å². The summed E-state index contributed by atoms with van der Waals surface area (Å²) in [5.41, 5.74) is 0.131. The van der Waals surface area contributed by atoms with Gasteiger partial charge in [0.15, 0.2) is 5.78 Å². The number of ether oxygens (including phenoxy) is 3. The highest BCUT2D eigenvalue weighted by molar-refractivity contribution is 5.99. The Bertz CT molecular complexity index is 729. The van der Waals surface area contributed by atoms with E-state index in [0.717, 1.165) is 5.56 Å². The van der Waals surface area contributed by atoms with E-state index < -0.39 is 42.0 Å². The number of hydrogen-bond donors (Lipinski definition) is 2. The molecule has 2 amide bonds. The molecule has 31 heavy (non-hydrogen) atoms. The highest BCUT2D eigenvalue weighted by atomic mass is 16.6. The van der Waals surface area contributed by atoms with Crippen LogP contribution in [-0.2, 0) is 30.4 Å². The smallest absolute Gasteiger partial charge is 0.408 e. The number of benzene rings is 1. The molecule has 172 valence electrons. The maximum Gasteiger partial charge on any atom is 0.408 e. The molecule has 9 heteroatoms. The summed E-state index contributed by atoms with van der Waals surface area (Å²) >= 11 is 0. The molecule has 0 spiro atoms. The lowest BCUT2D eigenvalue weighted by atomic mass is 10.0. The van der Waals surface area contributed by atoms with Crippen LogP contribution < -0.4 is 10.6 Å². The van der Waals surface area contributed by atoms with E-state index in [1.165, 1.54) is 0 Å². The largest absolute Gasteiger partial charge is 0.466 e. The Hall–Kier alpha value is -3.10. The summed E-state index contributed by atoms with van der Waals surface area (Å²) in [5, 5.41) is 5.08. The second-order valence-electron chi connectivity index (χ2n) is 7.78. The third kappa shape index (κ3) is 12.2. The van der Waals surface area contributed by atoms with Crippen LogP contribution in [0, 0.1) is 0 Å². The molecule has 1 aromatic rings. The molecule has 0 bridgehead atoms. The van der Waals surface area contributed by atoms with E-state index >= 15 is 0 Å². The second-order valence-corrected chi connectivity index (χ2v) is 7.78. The predicted octanol–water partition coefficient (Wildman–Crippen LogP) is 3.11. The topological polar surface area (TPSA) is 120 Å². The first kappa shape index (κ1) is 25.9. The lowest BCUT2D eigenvalue weighted by Crippen LogP contribution is -2.44. The van der Waals surface area contributed by atoms with Gasteiger partial charge in [0, 0.05) is 6.54 Å². The van der Waals surface area contributed by atoms with Crippen molar-refractivity contribution in [2.45, 2.75) is 65.2 Å². The van der Waals surface area contributed by atoms with Crippen molar-refractivity contribution in [1.29, 1.82) is 0 Å². The third-order valence-corrected chi connectivity index (χ3v) is 3.86. The summed E-state index contributed by atoms with van der Waals surface area (Å²) < 4.78 is 15.1. The Balaban J connectivity index is 2.49. The first-order valence-corrected chi connectivity index (χ1v) is 10.2. The number of ketones is 1. The second kappa shape index (κ2) is 13.3. The average molecular weight is 437 g/mol. The predicted molar refractivity (Wildman–Crippen MR) is 113 cm³/mol. The number of carbonyl (C=O) groups is 4. The van der Waals surface area contributed by atoms with Gasteiger partial charge in [-0.15, -0.1) is 0 Å². The van der Waals surface area contributed by atoms with Gasteiger partial charge in [-0.2, -0.15) is 0 Å². The van der Waals surface area contributed by atoms with Crippen molar-refractivity contribution >= 4 is 23.9 Å². The zero-order chi connectivity index (χ0) is 23.3. The van der Waals surface area contributed by atoms with Crippen molar-refractivity contribution < 1.29 is 33.4 Å². The van der Waals surface area contributed by atoms with E-state index in [0.29, 0.717) is 6.42 Å². The minimum Gasteiger partial charge on any atom is -0.466 e. The van der Waals surface area contributed by atoms with Crippen molar-refractivity contribution in [2.75, 3.05) is 13.2 Å². The molecule has 0 saturated carbocycles. The van der Waals surface area contributed by atoms with E-state index in [9.17, 15) is 19.2 Å². The van der Waals surface area contributed by atoms with Gasteiger partial charge in [-0.1, -0.05) is 30.3 Å². The molecule has 0 aliphatic carbocycles. The minimum absolute atomic E-state index is 0.146. The third-order valence-electron chi connectivity index (χ3n) is 3.86. The van der Waals surface area contributed by atoms with Crippen LogP contribution >= 0.6 is 0 Å². The van der Waals surface area contributed by atoms with Gasteiger partial charge in [0.05, 0.1) is 12.6 Å². The van der Waals surface area contributed by atoms with Crippen LogP contribution in [0.1, 0.15) is 52.5 Å². The van der Waals surface area contributed by atoms with Crippen molar-refractivity contribution in [3.63, 3.8) is 0 Å². The summed E-state index contributed by atoms with van der Waals surface area (Å²) in [7, 11) is 0. The number of alkyl carbamates (subject to hydrolysis) is 2. The number of hydrogen-bond acceptors (Lipinski definition) is 7. The molecule has 0 heterocycles. The van der Waals surface area contributed by atoms with Gasteiger partial charge in [-0.25, -0.2) is 9.59 Å². The Kier molecular flexibility index (Phi) is 11.1. The SMILES string of the molecule is CCOC(=O)CC(=O)[C@@H](CCCNC(=O)OCc1ccccc1)NC(=O)OC(C)(C)C. The first-order chi connectivity index (χ1) is 14.6. The van der Waals surface area contributed by atoms with Gasteiger partial charge in [0.2, 0.25) is 0 Å². The number of rotatable bonds is 11. The number of esters is 1. The molecule has 0 aliphatic heterocycles. The summed E-state index contributed by atoms with van der Waals surface area (Å²) in [5.74, 6) is -1.15. The number of amides is 2. The maximum atomic E-state index is 12.4. The molecule has 0 unspecified atom stereocenters. The molecule has 0 fully saturated rings. The van der Waals surface area contributed by atoms with E-state index in [2.05, 4.69) is 10.6 Å². The highest BCUT2D eigenvalue weighted by Crippen LogP contribution is 2.09. The monoisotopic (exact) mass is 436 g/mol. The number of nitrogens with one attached hydrogen (secondary N) is 2. The molecule has 0 radical (unpaired) electrons. The molecule has 1 rings (SSSR count). The fraction of sp³-hybridized carbons (Fsp3) is 0.545. The van der Waals surface area contributed by atoms with Crippen LogP contribution in [0.4, 0.5) is 9.59 Å². The number of Topliss-reactive ketones (excluding diaryl/α,β-unsaturated/α-hetero) is 1. The Morgan fingerprint density at radius 2 is 1.68 bits per heavy atom. The standard InChI is InChI=1S/C22H32N2O7/c1-5-29-19(26)14-18(25)17(24-21(28)31-22(2,3)4)12-9-13-23-20(27)30-15-16-10-7-6-8-11-16/h6-8,10-11,17H,5,9,12-15H2,1-4H3,(H,23,27)(H,24,28)/t17-/m1/s1. The molecule has 1 aromatic carbocycles. The van der Waals surface area contributed by atoms with Crippen LogP contribution in [-0.4, -0.2) is 48.7 Å². The molecule has 2 N–H and O–H groups in total. The molecule has 0 saturated heterocycles. The van der Waals surface area contributed by atoms with E-state index in [4.69, 9.17) is 14.2 Å². The van der Waals surface area contributed by atoms with Crippen molar-refractivity contribution in [2.24, 2.45) is 0 Å². The van der Waals surface area contributed by atoms with Gasteiger partial charge >= 0.3 is 18.2 Å². The normalized spacial score (nSPS) is 11.7. The molecule has 0 aromatic heterocycles.